The quantitative estimate of drug-likeness (QED) is 0.652. The Morgan fingerprint density at radius 1 is 1.30 bits per heavy atom. The topological polar surface area (TPSA) is 76.5 Å². The lowest BCUT2D eigenvalue weighted by molar-refractivity contribution is 0.0162. The number of ether oxygens (including phenoxy) is 1. The lowest BCUT2D eigenvalue weighted by Crippen LogP contribution is -2.43. The van der Waals surface area contributed by atoms with E-state index >= 15 is 0 Å². The number of fused-ring (bicyclic) bond motifs is 1. The molecule has 3 aromatic rings. The van der Waals surface area contributed by atoms with Crippen molar-refractivity contribution in [2.45, 2.75) is 13.0 Å². The van der Waals surface area contributed by atoms with Crippen molar-refractivity contribution < 1.29 is 9.53 Å². The maximum atomic E-state index is 13.0. The molecule has 0 aliphatic carbocycles. The van der Waals surface area contributed by atoms with Gasteiger partial charge in [0.15, 0.2) is 0 Å². The molecule has 0 radical (unpaired) electrons. The fourth-order valence-electron chi connectivity index (χ4n) is 3.73. The van der Waals surface area contributed by atoms with Crippen LogP contribution in [0.2, 0.25) is 5.02 Å². The van der Waals surface area contributed by atoms with Gasteiger partial charge in [0.05, 0.1) is 35.8 Å². The summed E-state index contributed by atoms with van der Waals surface area (Å²) in [4.78, 5) is 33.2. The lowest BCUT2D eigenvalue weighted by Gasteiger charge is -2.35. The predicted molar refractivity (Wildman–Crippen MR) is 119 cm³/mol. The van der Waals surface area contributed by atoms with E-state index in [0.29, 0.717) is 45.4 Å². The van der Waals surface area contributed by atoms with E-state index in [-0.39, 0.29) is 17.5 Å². The molecular weight excluding hydrogens is 424 g/mol. The summed E-state index contributed by atoms with van der Waals surface area (Å²) in [6, 6.07) is 7.73. The zero-order chi connectivity index (χ0) is 21.3. The highest BCUT2D eigenvalue weighted by atomic mass is 35.5. The monoisotopic (exact) mass is 446 g/mol. The number of amides is 1. The second-order valence-electron chi connectivity index (χ2n) is 7.32. The molecule has 3 heterocycles. The molecule has 9 heteroatoms. The van der Waals surface area contributed by atoms with Crippen LogP contribution in [0.1, 0.15) is 26.8 Å². The molecule has 0 spiro atoms. The van der Waals surface area contributed by atoms with Gasteiger partial charge in [0.2, 0.25) is 0 Å². The summed E-state index contributed by atoms with van der Waals surface area (Å²) in [6.45, 7) is 5.18. The highest BCUT2D eigenvalue weighted by molar-refractivity contribution is 7.20. The highest BCUT2D eigenvalue weighted by Crippen LogP contribution is 2.27. The number of aryl methyl sites for hydroxylation is 2. The van der Waals surface area contributed by atoms with Crippen LogP contribution in [0.25, 0.3) is 10.2 Å². The van der Waals surface area contributed by atoms with Crippen LogP contribution in [-0.2, 0) is 11.8 Å². The average molecular weight is 447 g/mol. The number of carbonyl (C=O) groups is 1. The third kappa shape index (κ3) is 4.13. The Kier molecular flexibility index (Phi) is 6.19. The molecule has 1 aliphatic rings. The van der Waals surface area contributed by atoms with Gasteiger partial charge in [-0.05, 0) is 30.2 Å². The number of hydrogen-bond donors (Lipinski definition) is 1. The molecule has 7 nitrogen and oxygen atoms in total. The number of aromatic nitrogens is 2. The second-order valence-corrected chi connectivity index (χ2v) is 8.76. The highest BCUT2D eigenvalue weighted by Gasteiger charge is 2.25. The third-order valence-electron chi connectivity index (χ3n) is 5.41. The van der Waals surface area contributed by atoms with Crippen LogP contribution in [0.4, 0.5) is 0 Å². The molecule has 1 unspecified atom stereocenters. The minimum atomic E-state index is -0.190. The van der Waals surface area contributed by atoms with Gasteiger partial charge >= 0.3 is 0 Å². The van der Waals surface area contributed by atoms with Crippen molar-refractivity contribution in [1.29, 1.82) is 0 Å². The SMILES string of the molecule is Cc1c(C(=O)NCC(c2ccc(Cl)cc2)N2CCOCC2)sc2ncn(C)c(=O)c12. The lowest BCUT2D eigenvalue weighted by atomic mass is 10.0. The number of nitrogens with zero attached hydrogens (tertiary/aromatic N) is 3. The molecule has 1 fully saturated rings. The number of benzene rings is 1. The van der Waals surface area contributed by atoms with Gasteiger partial charge < -0.3 is 14.6 Å². The average Bonchev–Trinajstić information content (AvgIpc) is 3.10. The summed E-state index contributed by atoms with van der Waals surface area (Å²) in [6.07, 6.45) is 1.48. The van der Waals surface area contributed by atoms with E-state index in [1.807, 2.05) is 24.3 Å². The van der Waals surface area contributed by atoms with E-state index in [1.165, 1.54) is 22.2 Å². The minimum Gasteiger partial charge on any atom is -0.379 e. The molecule has 30 heavy (non-hydrogen) atoms. The number of carbonyl (C=O) groups excluding carboxylic acids is 1. The van der Waals surface area contributed by atoms with Gasteiger partial charge in [0, 0.05) is 31.7 Å². The molecule has 1 aliphatic heterocycles. The molecule has 4 rings (SSSR count). The standard InChI is InChI=1S/C21H23ClN4O3S/c1-13-17-20(24-12-25(2)21(17)28)30-18(13)19(27)23-11-16(26-7-9-29-10-8-26)14-3-5-15(22)6-4-14/h3-6,12,16H,7-11H2,1-2H3,(H,23,27). The number of halogens is 1. The molecule has 158 valence electrons. The van der Waals surface area contributed by atoms with E-state index in [4.69, 9.17) is 16.3 Å². The van der Waals surface area contributed by atoms with Gasteiger partial charge in [-0.1, -0.05) is 23.7 Å². The fourth-order valence-corrected chi connectivity index (χ4v) is 4.91. The van der Waals surface area contributed by atoms with Gasteiger partial charge in [-0.3, -0.25) is 14.5 Å². The first-order valence-corrected chi connectivity index (χ1v) is 11.0. The Morgan fingerprint density at radius 3 is 2.70 bits per heavy atom. The van der Waals surface area contributed by atoms with E-state index in [9.17, 15) is 9.59 Å². The third-order valence-corrected chi connectivity index (χ3v) is 6.86. The Labute approximate surface area is 183 Å². The molecule has 0 saturated carbocycles. The predicted octanol–water partition coefficient (Wildman–Crippen LogP) is 2.76. The van der Waals surface area contributed by atoms with Crippen molar-refractivity contribution in [3.63, 3.8) is 0 Å². The van der Waals surface area contributed by atoms with Crippen LogP contribution in [0.5, 0.6) is 0 Å². The van der Waals surface area contributed by atoms with Crippen molar-refractivity contribution >= 4 is 39.1 Å². The van der Waals surface area contributed by atoms with Crippen LogP contribution in [0.3, 0.4) is 0 Å². The van der Waals surface area contributed by atoms with Crippen LogP contribution in [0, 0.1) is 6.92 Å². The summed E-state index contributed by atoms with van der Waals surface area (Å²) < 4.78 is 6.91. The normalized spacial score (nSPS) is 16.0. The number of rotatable bonds is 5. The molecule has 1 aromatic carbocycles. The Morgan fingerprint density at radius 2 is 2.00 bits per heavy atom. The number of thiophene rings is 1. The number of nitrogens with one attached hydrogen (secondary N) is 1. The molecule has 1 N–H and O–H groups in total. The first-order chi connectivity index (χ1) is 14.5. The van der Waals surface area contributed by atoms with Crippen molar-refractivity contribution in [3.05, 3.63) is 62.0 Å². The first-order valence-electron chi connectivity index (χ1n) is 9.76. The maximum absolute atomic E-state index is 13.0. The van der Waals surface area contributed by atoms with Crippen molar-refractivity contribution in [2.24, 2.45) is 7.05 Å². The molecule has 1 atom stereocenters. The Bertz CT molecular complexity index is 1120. The fraction of sp³-hybridized carbons (Fsp3) is 0.381. The molecule has 0 bridgehead atoms. The van der Waals surface area contributed by atoms with E-state index in [0.717, 1.165) is 18.7 Å². The van der Waals surface area contributed by atoms with E-state index in [2.05, 4.69) is 15.2 Å². The smallest absolute Gasteiger partial charge is 0.262 e. The number of hydrogen-bond acceptors (Lipinski definition) is 6. The Hall–Kier alpha value is -2.26. The van der Waals surface area contributed by atoms with Crippen molar-refractivity contribution in [1.82, 2.24) is 19.8 Å². The zero-order valence-corrected chi connectivity index (χ0v) is 18.4. The van der Waals surface area contributed by atoms with Gasteiger partial charge in [-0.25, -0.2) is 4.98 Å². The van der Waals surface area contributed by atoms with Gasteiger partial charge in [0.25, 0.3) is 11.5 Å². The molecule has 1 saturated heterocycles. The zero-order valence-electron chi connectivity index (χ0n) is 16.9. The Balaban J connectivity index is 1.57. The largest absolute Gasteiger partial charge is 0.379 e. The van der Waals surface area contributed by atoms with Crippen LogP contribution >= 0.6 is 22.9 Å². The molecular formula is C21H23ClN4O3S. The maximum Gasteiger partial charge on any atom is 0.262 e. The van der Waals surface area contributed by atoms with Gasteiger partial charge in [-0.2, -0.15) is 0 Å². The van der Waals surface area contributed by atoms with Crippen LogP contribution < -0.4 is 10.9 Å². The molecule has 2 aromatic heterocycles. The summed E-state index contributed by atoms with van der Waals surface area (Å²) in [7, 11) is 1.66. The summed E-state index contributed by atoms with van der Waals surface area (Å²) >= 11 is 7.31. The van der Waals surface area contributed by atoms with Gasteiger partial charge in [-0.15, -0.1) is 11.3 Å². The minimum absolute atomic E-state index is 0.01000. The van der Waals surface area contributed by atoms with Crippen LogP contribution in [0.15, 0.2) is 35.4 Å². The van der Waals surface area contributed by atoms with Crippen molar-refractivity contribution in [3.8, 4) is 0 Å². The van der Waals surface area contributed by atoms with Crippen molar-refractivity contribution in [2.75, 3.05) is 32.8 Å². The van der Waals surface area contributed by atoms with E-state index < -0.39 is 0 Å². The van der Waals surface area contributed by atoms with E-state index in [1.54, 1.807) is 14.0 Å². The summed E-state index contributed by atoms with van der Waals surface area (Å²) in [5.41, 5.74) is 1.63. The van der Waals surface area contributed by atoms with Crippen LogP contribution in [-0.4, -0.2) is 53.2 Å². The molecule has 1 amide bonds. The summed E-state index contributed by atoms with van der Waals surface area (Å²) in [5.74, 6) is -0.190. The number of morpholine rings is 1. The first kappa shape index (κ1) is 21.0. The van der Waals surface area contributed by atoms with Gasteiger partial charge in [0.1, 0.15) is 4.83 Å². The second kappa shape index (κ2) is 8.85. The summed E-state index contributed by atoms with van der Waals surface area (Å²) in [5, 5.41) is 4.26.